The summed E-state index contributed by atoms with van der Waals surface area (Å²) < 4.78 is 24.8. The second-order valence-electron chi connectivity index (χ2n) is 5.09. The molecule has 0 aromatic rings. The van der Waals surface area contributed by atoms with Crippen LogP contribution in [0.3, 0.4) is 0 Å². The monoisotopic (exact) mass is 362 g/mol. The highest BCUT2D eigenvalue weighted by molar-refractivity contribution is 5.75. The number of carboxylic acids is 1. The molecule has 11 heteroatoms. The Labute approximate surface area is 142 Å². The van der Waals surface area contributed by atoms with E-state index in [0.717, 1.165) is 27.7 Å². The minimum Gasteiger partial charge on any atom is -0.479 e. The minimum atomic E-state index is -1.83. The summed E-state index contributed by atoms with van der Waals surface area (Å²) in [6, 6.07) is 0. The van der Waals surface area contributed by atoms with Gasteiger partial charge in [-0.05, 0) is 0 Å². The fourth-order valence-corrected chi connectivity index (χ4v) is 2.23. The van der Waals surface area contributed by atoms with Gasteiger partial charge in [-0.2, -0.15) is 0 Å². The molecule has 140 valence electrons. The van der Waals surface area contributed by atoms with Gasteiger partial charge >= 0.3 is 29.8 Å². The lowest BCUT2D eigenvalue weighted by Gasteiger charge is -2.42. The van der Waals surface area contributed by atoms with Gasteiger partial charge in [0.05, 0.1) is 0 Å². The van der Waals surface area contributed by atoms with Crippen molar-refractivity contribution in [1.82, 2.24) is 0 Å². The zero-order valence-corrected chi connectivity index (χ0v) is 13.9. The molecule has 11 nitrogen and oxygen atoms in total. The molecule has 1 saturated heterocycles. The van der Waals surface area contributed by atoms with E-state index in [9.17, 15) is 29.1 Å². The Bertz CT molecular complexity index is 569. The molecule has 1 rings (SSSR count). The number of hydrogen-bond acceptors (Lipinski definition) is 10. The number of carboxylic acid groups (broad SMARTS) is 1. The van der Waals surface area contributed by atoms with Crippen LogP contribution in [-0.2, 0) is 47.7 Å². The Hall–Kier alpha value is -2.69. The average Bonchev–Trinajstić information content (AvgIpc) is 2.42. The van der Waals surface area contributed by atoms with Gasteiger partial charge in [0.1, 0.15) is 0 Å². The Balaban J connectivity index is 3.33. The van der Waals surface area contributed by atoms with E-state index in [-0.39, 0.29) is 0 Å². The molecular weight excluding hydrogens is 344 g/mol. The van der Waals surface area contributed by atoms with Crippen LogP contribution in [0.2, 0.25) is 0 Å². The van der Waals surface area contributed by atoms with E-state index >= 15 is 0 Å². The highest BCUT2D eigenvalue weighted by atomic mass is 16.7. The van der Waals surface area contributed by atoms with Crippen molar-refractivity contribution in [2.75, 3.05) is 0 Å². The topological polar surface area (TPSA) is 152 Å². The lowest BCUT2D eigenvalue weighted by molar-refractivity contribution is -0.293. The highest BCUT2D eigenvalue weighted by Gasteiger charge is 2.55. The van der Waals surface area contributed by atoms with Crippen LogP contribution in [0.5, 0.6) is 0 Å². The Morgan fingerprint density at radius 1 is 0.680 bits per heavy atom. The third-order valence-corrected chi connectivity index (χ3v) is 2.93. The van der Waals surface area contributed by atoms with Crippen molar-refractivity contribution >= 4 is 29.8 Å². The Morgan fingerprint density at radius 2 is 1.08 bits per heavy atom. The zero-order chi connectivity index (χ0) is 19.3. The molecule has 0 amide bonds. The number of aliphatic carboxylic acids is 1. The molecule has 0 radical (unpaired) electrons. The Morgan fingerprint density at radius 3 is 1.48 bits per heavy atom. The predicted molar refractivity (Wildman–Crippen MR) is 74.7 cm³/mol. The molecule has 0 aromatic heterocycles. The standard InChI is InChI=1S/C14H18O11/c1-5(15)21-9-10(22-6(2)16)12(23-7(3)17)14(24-8(4)18)25-11(9)13(19)20/h9-12,14H,1-4H3,(H,19,20)/t9-,10+,11+,12-,14-/m1/s1. The van der Waals surface area contributed by atoms with Crippen LogP contribution in [0, 0.1) is 0 Å². The summed E-state index contributed by atoms with van der Waals surface area (Å²) in [5.74, 6) is -5.03. The normalized spacial score (nSPS) is 28.4. The fraction of sp³-hybridized carbons (Fsp3) is 0.643. The zero-order valence-electron chi connectivity index (χ0n) is 13.9. The van der Waals surface area contributed by atoms with E-state index < -0.39 is 60.6 Å². The second-order valence-corrected chi connectivity index (χ2v) is 5.09. The number of rotatable bonds is 5. The maximum atomic E-state index is 11.4. The molecule has 0 bridgehead atoms. The lowest BCUT2D eigenvalue weighted by Crippen LogP contribution is -2.63. The van der Waals surface area contributed by atoms with Crippen molar-refractivity contribution < 1.29 is 52.8 Å². The third kappa shape index (κ3) is 5.71. The van der Waals surface area contributed by atoms with Gasteiger partial charge in [0.15, 0.2) is 18.3 Å². The number of ether oxygens (including phenoxy) is 5. The van der Waals surface area contributed by atoms with Gasteiger partial charge in [0.25, 0.3) is 0 Å². The summed E-state index contributed by atoms with van der Waals surface area (Å²) in [6.45, 7) is 4.06. The van der Waals surface area contributed by atoms with Crippen molar-refractivity contribution in [3.63, 3.8) is 0 Å². The average molecular weight is 362 g/mol. The molecule has 0 saturated carbocycles. The van der Waals surface area contributed by atoms with Crippen LogP contribution in [0.25, 0.3) is 0 Å². The van der Waals surface area contributed by atoms with E-state index in [4.69, 9.17) is 23.7 Å². The first kappa shape index (κ1) is 20.4. The van der Waals surface area contributed by atoms with Crippen molar-refractivity contribution in [1.29, 1.82) is 0 Å². The first-order valence-corrected chi connectivity index (χ1v) is 7.10. The molecule has 1 aliphatic heterocycles. The van der Waals surface area contributed by atoms with Crippen LogP contribution in [0.15, 0.2) is 0 Å². The van der Waals surface area contributed by atoms with Crippen molar-refractivity contribution in [2.24, 2.45) is 0 Å². The summed E-state index contributed by atoms with van der Waals surface area (Å²) in [5, 5.41) is 9.29. The number of hydrogen-bond donors (Lipinski definition) is 1. The van der Waals surface area contributed by atoms with Crippen LogP contribution >= 0.6 is 0 Å². The molecule has 25 heavy (non-hydrogen) atoms. The molecule has 1 fully saturated rings. The smallest absolute Gasteiger partial charge is 0.337 e. The maximum Gasteiger partial charge on any atom is 0.337 e. The quantitative estimate of drug-likeness (QED) is 0.481. The van der Waals surface area contributed by atoms with E-state index in [1.807, 2.05) is 0 Å². The van der Waals surface area contributed by atoms with Gasteiger partial charge in [-0.15, -0.1) is 0 Å². The van der Waals surface area contributed by atoms with Crippen molar-refractivity contribution in [2.45, 2.75) is 58.4 Å². The molecule has 1 heterocycles. The SMILES string of the molecule is CC(=O)O[C@@H]1O[C@H](C(=O)O)[C@H](OC(C)=O)[C@H](OC(C)=O)[C@H]1OC(C)=O. The van der Waals surface area contributed by atoms with Gasteiger partial charge < -0.3 is 28.8 Å². The maximum absolute atomic E-state index is 11.4. The number of esters is 4. The van der Waals surface area contributed by atoms with Crippen molar-refractivity contribution in [3.05, 3.63) is 0 Å². The van der Waals surface area contributed by atoms with Crippen LogP contribution < -0.4 is 0 Å². The van der Waals surface area contributed by atoms with Crippen LogP contribution in [-0.4, -0.2) is 65.7 Å². The van der Waals surface area contributed by atoms with Crippen LogP contribution in [0.4, 0.5) is 0 Å². The summed E-state index contributed by atoms with van der Waals surface area (Å²) >= 11 is 0. The highest BCUT2D eigenvalue weighted by Crippen LogP contribution is 2.29. The molecule has 0 aromatic carbocycles. The van der Waals surface area contributed by atoms with Crippen LogP contribution in [0.1, 0.15) is 27.7 Å². The third-order valence-electron chi connectivity index (χ3n) is 2.93. The predicted octanol–water partition coefficient (Wildman–Crippen LogP) is -0.846. The molecule has 0 aliphatic carbocycles. The molecular formula is C14H18O11. The molecule has 0 unspecified atom stereocenters. The lowest BCUT2D eigenvalue weighted by atomic mass is 9.98. The summed E-state index contributed by atoms with van der Waals surface area (Å²) in [7, 11) is 0. The van der Waals surface area contributed by atoms with E-state index in [2.05, 4.69) is 0 Å². The fourth-order valence-electron chi connectivity index (χ4n) is 2.23. The van der Waals surface area contributed by atoms with E-state index in [1.165, 1.54) is 0 Å². The van der Waals surface area contributed by atoms with Gasteiger partial charge in [-0.1, -0.05) is 0 Å². The van der Waals surface area contributed by atoms with Crippen molar-refractivity contribution in [3.8, 4) is 0 Å². The van der Waals surface area contributed by atoms with Gasteiger partial charge in [-0.25, -0.2) is 4.79 Å². The van der Waals surface area contributed by atoms with Gasteiger partial charge in [0.2, 0.25) is 12.4 Å². The van der Waals surface area contributed by atoms with Gasteiger partial charge in [0, 0.05) is 27.7 Å². The van der Waals surface area contributed by atoms with E-state index in [0.29, 0.717) is 0 Å². The van der Waals surface area contributed by atoms with E-state index in [1.54, 1.807) is 0 Å². The molecule has 1 N–H and O–H groups in total. The Kier molecular flexibility index (Phi) is 6.86. The molecule has 1 aliphatic rings. The first-order valence-electron chi connectivity index (χ1n) is 7.10. The molecule has 0 spiro atoms. The summed E-state index contributed by atoms with van der Waals surface area (Å²) in [5.41, 5.74) is 0. The van der Waals surface area contributed by atoms with Gasteiger partial charge in [-0.3, -0.25) is 19.2 Å². The first-order chi connectivity index (χ1) is 11.5. The summed E-state index contributed by atoms with van der Waals surface area (Å²) in [6.07, 6.45) is -8.24. The minimum absolute atomic E-state index is 0.849. The summed E-state index contributed by atoms with van der Waals surface area (Å²) in [4.78, 5) is 56.7. The second kappa shape index (κ2) is 8.42. The molecule has 5 atom stereocenters. The number of carbonyl (C=O) groups is 5. The number of carbonyl (C=O) groups excluding carboxylic acids is 4. The largest absolute Gasteiger partial charge is 0.479 e.